The van der Waals surface area contributed by atoms with E-state index < -0.39 is 5.60 Å². The van der Waals surface area contributed by atoms with E-state index >= 15 is 0 Å². The van der Waals surface area contributed by atoms with Crippen molar-refractivity contribution in [1.82, 2.24) is 4.98 Å². The summed E-state index contributed by atoms with van der Waals surface area (Å²) in [5, 5.41) is 0. The predicted octanol–water partition coefficient (Wildman–Crippen LogP) is 0.819. The molecule has 1 rings (SSSR count). The molecule has 14 heavy (non-hydrogen) atoms. The number of primary amides is 1. The maximum atomic E-state index is 10.9. The maximum absolute atomic E-state index is 10.9. The minimum absolute atomic E-state index is 0.160. The number of ether oxygens (including phenoxy) is 1. The number of hydrogen-bond donors (Lipinski definition) is 1. The van der Waals surface area contributed by atoms with Crippen molar-refractivity contribution in [1.29, 1.82) is 0 Å². The van der Waals surface area contributed by atoms with E-state index in [0.29, 0.717) is 0 Å². The lowest BCUT2D eigenvalue weighted by Crippen LogP contribution is -2.31. The number of hydrogen-bond acceptors (Lipinski definition) is 3. The smallest absolute Gasteiger partial charge is 0.220 e. The fraction of sp³-hybridized carbons (Fsp3) is 0.400. The molecule has 0 bridgehead atoms. The molecule has 2 N–H and O–H groups in total. The summed E-state index contributed by atoms with van der Waals surface area (Å²) in [7, 11) is 1.56. The number of carbonyl (C=O) groups excluding carboxylic acids is 1. The van der Waals surface area contributed by atoms with Crippen molar-refractivity contribution >= 4 is 5.91 Å². The normalized spacial score (nSPS) is 14.7. The number of aromatic nitrogens is 1. The Morgan fingerprint density at radius 1 is 1.57 bits per heavy atom. The standard InChI is InChI=1S/C10H14N2O2/c1-10(14-2,7-9(11)13)8-3-5-12-6-4-8/h3-6H,7H2,1-2H3,(H2,11,13). The molecule has 0 fully saturated rings. The lowest BCUT2D eigenvalue weighted by Gasteiger charge is -2.26. The van der Waals surface area contributed by atoms with Gasteiger partial charge >= 0.3 is 0 Å². The van der Waals surface area contributed by atoms with Crippen LogP contribution in [0.3, 0.4) is 0 Å². The highest BCUT2D eigenvalue weighted by Gasteiger charge is 2.28. The van der Waals surface area contributed by atoms with Gasteiger partial charge < -0.3 is 10.5 Å². The lowest BCUT2D eigenvalue weighted by molar-refractivity contribution is -0.124. The zero-order chi connectivity index (χ0) is 10.6. The molecule has 4 heteroatoms. The topological polar surface area (TPSA) is 65.2 Å². The van der Waals surface area contributed by atoms with Crippen LogP contribution in [0.4, 0.5) is 0 Å². The van der Waals surface area contributed by atoms with Gasteiger partial charge in [-0.3, -0.25) is 9.78 Å². The third-order valence-electron chi connectivity index (χ3n) is 2.25. The van der Waals surface area contributed by atoms with Crippen molar-refractivity contribution in [2.45, 2.75) is 18.9 Å². The van der Waals surface area contributed by atoms with Gasteiger partial charge in [0.1, 0.15) is 0 Å². The second-order valence-corrected chi connectivity index (χ2v) is 3.31. The number of rotatable bonds is 4. The van der Waals surface area contributed by atoms with E-state index in [4.69, 9.17) is 10.5 Å². The van der Waals surface area contributed by atoms with Crippen LogP contribution in [0.25, 0.3) is 0 Å². The first-order valence-corrected chi connectivity index (χ1v) is 4.32. The summed E-state index contributed by atoms with van der Waals surface area (Å²) in [4.78, 5) is 14.8. The van der Waals surface area contributed by atoms with Crippen molar-refractivity contribution in [3.63, 3.8) is 0 Å². The molecule has 1 atom stereocenters. The summed E-state index contributed by atoms with van der Waals surface area (Å²) in [6, 6.07) is 3.62. The van der Waals surface area contributed by atoms with E-state index in [9.17, 15) is 4.79 Å². The zero-order valence-electron chi connectivity index (χ0n) is 8.36. The van der Waals surface area contributed by atoms with Crippen LogP contribution in [0.15, 0.2) is 24.5 Å². The molecule has 1 aromatic heterocycles. The molecule has 0 aliphatic carbocycles. The van der Waals surface area contributed by atoms with Gasteiger partial charge in [-0.05, 0) is 24.6 Å². The summed E-state index contributed by atoms with van der Waals surface area (Å²) in [5.41, 5.74) is 5.40. The van der Waals surface area contributed by atoms with Gasteiger partial charge in [0, 0.05) is 19.5 Å². The van der Waals surface area contributed by atoms with Crippen LogP contribution in [0.1, 0.15) is 18.9 Å². The SMILES string of the molecule is COC(C)(CC(N)=O)c1ccncc1. The Bertz CT molecular complexity index is 313. The Hall–Kier alpha value is -1.42. The van der Waals surface area contributed by atoms with Crippen molar-refractivity contribution in [2.24, 2.45) is 5.73 Å². The summed E-state index contributed by atoms with van der Waals surface area (Å²) in [6.45, 7) is 1.83. The predicted molar refractivity (Wildman–Crippen MR) is 52.4 cm³/mol. The summed E-state index contributed by atoms with van der Waals surface area (Å²) in [6.07, 6.45) is 3.48. The summed E-state index contributed by atoms with van der Waals surface area (Å²) in [5.74, 6) is -0.383. The third-order valence-corrected chi connectivity index (χ3v) is 2.25. The second kappa shape index (κ2) is 4.19. The van der Waals surface area contributed by atoms with Crippen LogP contribution in [0.5, 0.6) is 0 Å². The molecule has 76 valence electrons. The molecule has 0 saturated carbocycles. The number of pyridine rings is 1. The fourth-order valence-electron chi connectivity index (χ4n) is 1.33. The second-order valence-electron chi connectivity index (χ2n) is 3.31. The Balaban J connectivity index is 2.95. The molecular formula is C10H14N2O2. The monoisotopic (exact) mass is 194 g/mol. The molecule has 0 aliphatic heterocycles. The largest absolute Gasteiger partial charge is 0.373 e. The minimum atomic E-state index is -0.658. The van der Waals surface area contributed by atoms with Crippen molar-refractivity contribution in [3.8, 4) is 0 Å². The molecule has 0 radical (unpaired) electrons. The highest BCUT2D eigenvalue weighted by atomic mass is 16.5. The average molecular weight is 194 g/mol. The minimum Gasteiger partial charge on any atom is -0.373 e. The molecule has 0 saturated heterocycles. The number of carbonyl (C=O) groups is 1. The number of methoxy groups -OCH3 is 1. The maximum Gasteiger partial charge on any atom is 0.220 e. The first-order valence-electron chi connectivity index (χ1n) is 4.32. The Morgan fingerprint density at radius 3 is 2.57 bits per heavy atom. The Labute approximate surface area is 83.1 Å². The van der Waals surface area contributed by atoms with E-state index in [1.807, 2.05) is 19.1 Å². The van der Waals surface area contributed by atoms with Gasteiger partial charge in [0.2, 0.25) is 5.91 Å². The zero-order valence-corrected chi connectivity index (χ0v) is 8.36. The quantitative estimate of drug-likeness (QED) is 0.771. The van der Waals surface area contributed by atoms with Gasteiger partial charge in [-0.15, -0.1) is 0 Å². The molecule has 1 heterocycles. The molecule has 1 amide bonds. The first kappa shape index (κ1) is 10.7. The summed E-state index contributed by atoms with van der Waals surface area (Å²) >= 11 is 0. The van der Waals surface area contributed by atoms with Crippen LogP contribution in [-0.2, 0) is 15.1 Å². The van der Waals surface area contributed by atoms with Crippen LogP contribution in [-0.4, -0.2) is 18.0 Å². The Kier molecular flexibility index (Phi) is 3.19. The first-order chi connectivity index (χ1) is 6.58. The summed E-state index contributed by atoms with van der Waals surface area (Å²) < 4.78 is 5.31. The molecule has 1 unspecified atom stereocenters. The molecular weight excluding hydrogens is 180 g/mol. The van der Waals surface area contributed by atoms with E-state index in [1.54, 1.807) is 19.5 Å². The number of nitrogens with two attached hydrogens (primary N) is 1. The van der Waals surface area contributed by atoms with E-state index in [1.165, 1.54) is 0 Å². The molecule has 4 nitrogen and oxygen atoms in total. The fourth-order valence-corrected chi connectivity index (χ4v) is 1.33. The highest BCUT2D eigenvalue weighted by molar-refractivity contribution is 5.75. The van der Waals surface area contributed by atoms with Gasteiger partial charge in [-0.2, -0.15) is 0 Å². The van der Waals surface area contributed by atoms with Gasteiger partial charge in [0.25, 0.3) is 0 Å². The van der Waals surface area contributed by atoms with Crippen LogP contribution in [0, 0.1) is 0 Å². The lowest BCUT2D eigenvalue weighted by atomic mass is 9.93. The van der Waals surface area contributed by atoms with Gasteiger partial charge in [0.15, 0.2) is 0 Å². The van der Waals surface area contributed by atoms with Crippen molar-refractivity contribution in [3.05, 3.63) is 30.1 Å². The van der Waals surface area contributed by atoms with Crippen molar-refractivity contribution in [2.75, 3.05) is 7.11 Å². The molecule has 0 spiro atoms. The average Bonchev–Trinajstić information content (AvgIpc) is 2.18. The highest BCUT2D eigenvalue weighted by Crippen LogP contribution is 2.27. The van der Waals surface area contributed by atoms with E-state index in [0.717, 1.165) is 5.56 Å². The molecule has 1 aromatic rings. The van der Waals surface area contributed by atoms with Crippen LogP contribution >= 0.6 is 0 Å². The van der Waals surface area contributed by atoms with Crippen molar-refractivity contribution < 1.29 is 9.53 Å². The van der Waals surface area contributed by atoms with Gasteiger partial charge in [-0.1, -0.05) is 0 Å². The van der Waals surface area contributed by atoms with Gasteiger partial charge in [-0.25, -0.2) is 0 Å². The van der Waals surface area contributed by atoms with E-state index in [-0.39, 0.29) is 12.3 Å². The number of nitrogens with zero attached hydrogens (tertiary/aromatic N) is 1. The van der Waals surface area contributed by atoms with Gasteiger partial charge in [0.05, 0.1) is 12.0 Å². The number of amides is 1. The van der Waals surface area contributed by atoms with Crippen LogP contribution < -0.4 is 5.73 Å². The molecule has 0 aromatic carbocycles. The van der Waals surface area contributed by atoms with Crippen LogP contribution in [0.2, 0.25) is 0 Å². The third kappa shape index (κ3) is 2.29. The van der Waals surface area contributed by atoms with E-state index in [2.05, 4.69) is 4.98 Å². The Morgan fingerprint density at radius 2 is 2.14 bits per heavy atom. The molecule has 0 aliphatic rings.